The average molecular weight is 342 g/mol. The number of nitrogens with zero attached hydrogens (tertiary/aromatic N) is 2. The van der Waals surface area contributed by atoms with Crippen LogP contribution in [0.25, 0.3) is 21.5 Å². The zero-order valence-corrected chi connectivity index (χ0v) is 14.0. The molecule has 2 aromatic heterocycles. The lowest BCUT2D eigenvalue weighted by Crippen LogP contribution is -2.51. The monoisotopic (exact) mass is 342 g/mol. The Labute approximate surface area is 150 Å². The summed E-state index contributed by atoms with van der Waals surface area (Å²) in [5, 5.41) is 26.0. The summed E-state index contributed by atoms with van der Waals surface area (Å²) in [7, 11) is 0. The Morgan fingerprint density at radius 3 is 1.46 bits per heavy atom. The molecule has 128 valence electrons. The fraction of sp³-hybridized carbons (Fsp3) is 0.182. The quantitative estimate of drug-likeness (QED) is 0.586. The zero-order valence-electron chi connectivity index (χ0n) is 14.0. The largest absolute Gasteiger partial charge is 0.392 e. The molecule has 0 bridgehead atoms. The van der Waals surface area contributed by atoms with Crippen LogP contribution in [0.4, 0.5) is 0 Å². The number of aliphatic hydroxyl groups excluding tert-OH is 2. The lowest BCUT2D eigenvalue weighted by atomic mass is 9.62. The molecule has 1 aliphatic rings. The molecule has 26 heavy (non-hydrogen) atoms. The van der Waals surface area contributed by atoms with E-state index in [9.17, 15) is 10.2 Å². The molecule has 2 aromatic carbocycles. The van der Waals surface area contributed by atoms with E-state index in [-0.39, 0.29) is 11.8 Å². The minimum atomic E-state index is -0.676. The molecule has 4 heteroatoms. The number of hydrogen-bond acceptors (Lipinski definition) is 4. The first-order chi connectivity index (χ1) is 12.8. The SMILES string of the molecule is OC1C(c2cncc3ccccc23)C(O)C1c1cncc2ccccc12. The highest BCUT2D eigenvalue weighted by Crippen LogP contribution is 2.50. The molecule has 4 aromatic rings. The second-order valence-electron chi connectivity index (χ2n) is 6.93. The van der Waals surface area contributed by atoms with Crippen molar-refractivity contribution in [3.63, 3.8) is 0 Å². The van der Waals surface area contributed by atoms with Crippen LogP contribution in [0.15, 0.2) is 73.3 Å². The van der Waals surface area contributed by atoms with Gasteiger partial charge in [0.05, 0.1) is 12.2 Å². The maximum absolute atomic E-state index is 10.9. The van der Waals surface area contributed by atoms with Crippen LogP contribution < -0.4 is 0 Å². The van der Waals surface area contributed by atoms with E-state index in [2.05, 4.69) is 9.97 Å². The molecule has 0 saturated heterocycles. The van der Waals surface area contributed by atoms with Gasteiger partial charge in [-0.15, -0.1) is 0 Å². The number of benzene rings is 2. The van der Waals surface area contributed by atoms with Gasteiger partial charge in [-0.2, -0.15) is 0 Å². The molecule has 4 nitrogen and oxygen atoms in total. The highest BCUT2D eigenvalue weighted by Gasteiger charge is 2.51. The highest BCUT2D eigenvalue weighted by atomic mass is 16.3. The van der Waals surface area contributed by atoms with E-state index in [1.54, 1.807) is 12.4 Å². The van der Waals surface area contributed by atoms with E-state index in [1.165, 1.54) is 0 Å². The van der Waals surface area contributed by atoms with E-state index >= 15 is 0 Å². The first-order valence-corrected chi connectivity index (χ1v) is 8.77. The van der Waals surface area contributed by atoms with Crippen molar-refractivity contribution in [1.82, 2.24) is 9.97 Å². The normalized spacial score (nSPS) is 25.3. The molecule has 0 atom stereocenters. The van der Waals surface area contributed by atoms with Gasteiger partial charge in [-0.05, 0) is 21.9 Å². The fourth-order valence-corrected chi connectivity index (χ4v) is 4.25. The molecule has 2 heterocycles. The second kappa shape index (κ2) is 5.87. The third-order valence-electron chi connectivity index (χ3n) is 5.59. The Morgan fingerprint density at radius 1 is 0.577 bits per heavy atom. The van der Waals surface area contributed by atoms with Gasteiger partial charge in [0.1, 0.15) is 0 Å². The Hall–Kier alpha value is -2.82. The van der Waals surface area contributed by atoms with E-state index in [4.69, 9.17) is 0 Å². The second-order valence-corrected chi connectivity index (χ2v) is 6.93. The smallest absolute Gasteiger partial charge is 0.0728 e. The van der Waals surface area contributed by atoms with Crippen LogP contribution in [-0.4, -0.2) is 32.4 Å². The third-order valence-corrected chi connectivity index (χ3v) is 5.59. The molecule has 1 aliphatic carbocycles. The van der Waals surface area contributed by atoms with Crippen molar-refractivity contribution in [2.75, 3.05) is 0 Å². The molecule has 2 N–H and O–H groups in total. The molecule has 5 rings (SSSR count). The maximum Gasteiger partial charge on any atom is 0.0728 e. The van der Waals surface area contributed by atoms with E-state index < -0.39 is 12.2 Å². The molecule has 0 radical (unpaired) electrons. The highest BCUT2D eigenvalue weighted by molar-refractivity contribution is 5.87. The van der Waals surface area contributed by atoms with E-state index in [0.29, 0.717) is 0 Å². The van der Waals surface area contributed by atoms with Gasteiger partial charge < -0.3 is 10.2 Å². The molecular weight excluding hydrogens is 324 g/mol. The Bertz CT molecular complexity index is 1000. The predicted molar refractivity (Wildman–Crippen MR) is 101 cm³/mol. The van der Waals surface area contributed by atoms with Gasteiger partial charge in [-0.3, -0.25) is 9.97 Å². The minimum Gasteiger partial charge on any atom is -0.392 e. The molecule has 0 unspecified atom stereocenters. The number of hydrogen-bond donors (Lipinski definition) is 2. The number of pyridine rings is 2. The average Bonchev–Trinajstić information content (AvgIpc) is 2.69. The predicted octanol–water partition coefficient (Wildman–Crippen LogP) is 3.39. The zero-order chi connectivity index (χ0) is 17.7. The maximum atomic E-state index is 10.9. The van der Waals surface area contributed by atoms with Crippen molar-refractivity contribution in [2.45, 2.75) is 24.0 Å². The van der Waals surface area contributed by atoms with Crippen molar-refractivity contribution in [3.8, 4) is 0 Å². The summed E-state index contributed by atoms with van der Waals surface area (Å²) in [6.07, 6.45) is 5.79. The summed E-state index contributed by atoms with van der Waals surface area (Å²) < 4.78 is 0. The van der Waals surface area contributed by atoms with Crippen LogP contribution in [-0.2, 0) is 0 Å². The minimum absolute atomic E-state index is 0.349. The molecule has 0 aliphatic heterocycles. The topological polar surface area (TPSA) is 66.2 Å². The van der Waals surface area contributed by atoms with Gasteiger partial charge in [-0.25, -0.2) is 0 Å². The standard InChI is InChI=1S/C22H18N2O2/c25-21-19(17-11-23-9-13-5-1-3-7-15(13)17)22(26)20(21)18-12-24-10-14-6-2-4-8-16(14)18/h1-12,19-22,25-26H. The van der Waals surface area contributed by atoms with Gasteiger partial charge in [0.15, 0.2) is 0 Å². The Morgan fingerprint density at radius 2 is 1.00 bits per heavy atom. The van der Waals surface area contributed by atoms with Crippen LogP contribution in [0.1, 0.15) is 23.0 Å². The van der Waals surface area contributed by atoms with Crippen LogP contribution >= 0.6 is 0 Å². The summed E-state index contributed by atoms with van der Waals surface area (Å²) in [4.78, 5) is 8.60. The van der Waals surface area contributed by atoms with Gasteiger partial charge >= 0.3 is 0 Å². The van der Waals surface area contributed by atoms with Crippen molar-refractivity contribution < 1.29 is 10.2 Å². The van der Waals surface area contributed by atoms with Crippen molar-refractivity contribution in [2.24, 2.45) is 0 Å². The van der Waals surface area contributed by atoms with Crippen LogP contribution in [0, 0.1) is 0 Å². The Balaban J connectivity index is 1.58. The molecule has 1 saturated carbocycles. The number of rotatable bonds is 2. The molecule has 0 spiro atoms. The number of aromatic nitrogens is 2. The molecular formula is C22H18N2O2. The summed E-state index contributed by atoms with van der Waals surface area (Å²) >= 11 is 0. The van der Waals surface area contributed by atoms with Crippen LogP contribution in [0.3, 0.4) is 0 Å². The summed E-state index contributed by atoms with van der Waals surface area (Å²) in [6, 6.07) is 15.9. The molecule has 1 fully saturated rings. The van der Waals surface area contributed by atoms with Crippen molar-refractivity contribution in [1.29, 1.82) is 0 Å². The van der Waals surface area contributed by atoms with Gasteiger partial charge in [0.25, 0.3) is 0 Å². The Kier molecular flexibility index (Phi) is 3.48. The van der Waals surface area contributed by atoms with Gasteiger partial charge in [0.2, 0.25) is 0 Å². The van der Waals surface area contributed by atoms with E-state index in [1.807, 2.05) is 60.9 Å². The third kappa shape index (κ3) is 2.16. The molecule has 0 amide bonds. The van der Waals surface area contributed by atoms with Crippen molar-refractivity contribution >= 4 is 21.5 Å². The number of fused-ring (bicyclic) bond motifs is 2. The fourth-order valence-electron chi connectivity index (χ4n) is 4.25. The lowest BCUT2D eigenvalue weighted by Gasteiger charge is -2.47. The summed E-state index contributed by atoms with van der Waals surface area (Å²) in [6.45, 7) is 0. The van der Waals surface area contributed by atoms with E-state index in [0.717, 1.165) is 32.7 Å². The summed E-state index contributed by atoms with van der Waals surface area (Å²) in [5.41, 5.74) is 1.79. The van der Waals surface area contributed by atoms with Crippen molar-refractivity contribution in [3.05, 3.63) is 84.4 Å². The summed E-state index contributed by atoms with van der Waals surface area (Å²) in [5.74, 6) is -0.699. The number of aliphatic hydroxyl groups is 2. The van der Waals surface area contributed by atoms with Gasteiger partial charge in [0, 0.05) is 47.4 Å². The lowest BCUT2D eigenvalue weighted by molar-refractivity contribution is -0.0777. The van der Waals surface area contributed by atoms with Gasteiger partial charge in [-0.1, -0.05) is 48.5 Å². The van der Waals surface area contributed by atoms with Crippen LogP contribution in [0.5, 0.6) is 0 Å². The first kappa shape index (κ1) is 15.4. The van der Waals surface area contributed by atoms with Crippen LogP contribution in [0.2, 0.25) is 0 Å². The first-order valence-electron chi connectivity index (χ1n) is 8.77.